The Bertz CT molecular complexity index is 321. The van der Waals surface area contributed by atoms with Crippen molar-refractivity contribution in [3.63, 3.8) is 0 Å². The molecule has 19 heavy (non-hydrogen) atoms. The lowest BCUT2D eigenvalue weighted by Crippen LogP contribution is -1.96. The summed E-state index contributed by atoms with van der Waals surface area (Å²) in [6.45, 7) is 9.93. The number of hydrogen-bond acceptors (Lipinski definition) is 5. The van der Waals surface area contributed by atoms with Crippen LogP contribution in [0.3, 0.4) is 0 Å². The molecule has 6 nitrogen and oxygen atoms in total. The molecule has 0 saturated heterocycles. The van der Waals surface area contributed by atoms with Crippen molar-refractivity contribution >= 4 is 23.7 Å². The lowest BCUT2D eigenvalue weighted by atomic mass is 10.5. The van der Waals surface area contributed by atoms with E-state index in [2.05, 4.69) is 13.2 Å². The van der Waals surface area contributed by atoms with Crippen molar-refractivity contribution in [1.29, 1.82) is 0 Å². The SMILES string of the molecule is C=CSC=C.CC(N)=CC(=O)O.CC(N)=CC(=O)O. The summed E-state index contributed by atoms with van der Waals surface area (Å²) in [4.78, 5) is 19.3. The highest BCUT2D eigenvalue weighted by Crippen LogP contribution is 1.96. The van der Waals surface area contributed by atoms with Crippen molar-refractivity contribution in [2.24, 2.45) is 11.5 Å². The molecule has 0 fully saturated rings. The van der Waals surface area contributed by atoms with Crippen LogP contribution < -0.4 is 11.5 Å². The van der Waals surface area contributed by atoms with Crippen LogP contribution in [0.25, 0.3) is 0 Å². The fourth-order valence-electron chi connectivity index (χ4n) is 0.458. The molecule has 0 aliphatic carbocycles. The average Bonchev–Trinajstić information content (AvgIpc) is 2.15. The van der Waals surface area contributed by atoms with Crippen LogP contribution in [0, 0.1) is 0 Å². The van der Waals surface area contributed by atoms with Gasteiger partial charge in [-0.2, -0.15) is 0 Å². The van der Waals surface area contributed by atoms with Crippen LogP contribution in [0.5, 0.6) is 0 Å². The number of nitrogens with two attached hydrogens (primary N) is 2. The second kappa shape index (κ2) is 15.9. The van der Waals surface area contributed by atoms with E-state index in [4.69, 9.17) is 21.7 Å². The fraction of sp³-hybridized carbons (Fsp3) is 0.167. The summed E-state index contributed by atoms with van der Waals surface area (Å²) in [5, 5.41) is 19.3. The van der Waals surface area contributed by atoms with Crippen LogP contribution >= 0.6 is 11.8 Å². The first kappa shape index (κ1) is 22.1. The molecule has 0 aliphatic heterocycles. The zero-order valence-corrected chi connectivity index (χ0v) is 11.8. The van der Waals surface area contributed by atoms with Crippen LogP contribution in [0.1, 0.15) is 13.8 Å². The Morgan fingerprint density at radius 1 is 0.947 bits per heavy atom. The molecule has 0 aliphatic rings. The molecule has 0 rings (SSSR count). The van der Waals surface area contributed by atoms with Gasteiger partial charge in [0.15, 0.2) is 0 Å². The maximum atomic E-state index is 9.65. The summed E-state index contributed by atoms with van der Waals surface area (Å²) in [7, 11) is 0. The summed E-state index contributed by atoms with van der Waals surface area (Å²) in [5.74, 6) is -2.00. The van der Waals surface area contributed by atoms with Gasteiger partial charge in [0.25, 0.3) is 0 Å². The van der Waals surface area contributed by atoms with Crippen LogP contribution in [-0.2, 0) is 9.59 Å². The topological polar surface area (TPSA) is 127 Å². The van der Waals surface area contributed by atoms with Gasteiger partial charge in [-0.05, 0) is 24.7 Å². The highest BCUT2D eigenvalue weighted by Gasteiger charge is 1.84. The highest BCUT2D eigenvalue weighted by atomic mass is 32.2. The zero-order valence-electron chi connectivity index (χ0n) is 11.0. The van der Waals surface area contributed by atoms with Gasteiger partial charge < -0.3 is 21.7 Å². The molecular weight excluding hydrogens is 268 g/mol. The van der Waals surface area contributed by atoms with Gasteiger partial charge in [-0.15, -0.1) is 11.8 Å². The van der Waals surface area contributed by atoms with Gasteiger partial charge in [0.1, 0.15) is 0 Å². The summed E-state index contributed by atoms with van der Waals surface area (Å²) in [6.07, 6.45) is 1.89. The molecule has 0 unspecified atom stereocenters. The minimum Gasteiger partial charge on any atom is -0.478 e. The Morgan fingerprint density at radius 2 is 1.21 bits per heavy atom. The molecule has 0 heterocycles. The van der Waals surface area contributed by atoms with Crippen LogP contribution in [-0.4, -0.2) is 22.2 Å². The van der Waals surface area contributed by atoms with E-state index in [1.54, 1.807) is 10.8 Å². The molecule has 0 bridgehead atoms. The minimum absolute atomic E-state index is 0.313. The first-order chi connectivity index (χ1) is 8.67. The van der Waals surface area contributed by atoms with Gasteiger partial charge >= 0.3 is 11.9 Å². The molecule has 0 aromatic carbocycles. The van der Waals surface area contributed by atoms with E-state index in [0.29, 0.717) is 11.4 Å². The molecule has 108 valence electrons. The summed E-state index contributed by atoms with van der Waals surface area (Å²) < 4.78 is 0. The average molecular weight is 288 g/mol. The highest BCUT2D eigenvalue weighted by molar-refractivity contribution is 8.04. The molecule has 6 N–H and O–H groups in total. The molecule has 0 amide bonds. The predicted molar refractivity (Wildman–Crippen MR) is 79.1 cm³/mol. The number of rotatable bonds is 4. The van der Waals surface area contributed by atoms with Gasteiger partial charge in [-0.25, -0.2) is 9.59 Å². The molecular formula is C12H20N2O4S. The van der Waals surface area contributed by atoms with Gasteiger partial charge in [0.05, 0.1) is 0 Å². The molecule has 0 atom stereocenters. The summed E-state index contributed by atoms with van der Waals surface area (Å²) in [5.41, 5.74) is 10.6. The number of carboxylic acid groups (broad SMARTS) is 2. The van der Waals surface area contributed by atoms with Crippen LogP contribution in [0.2, 0.25) is 0 Å². The zero-order chi connectivity index (χ0) is 15.8. The van der Waals surface area contributed by atoms with E-state index in [1.807, 2.05) is 0 Å². The number of carboxylic acids is 2. The van der Waals surface area contributed by atoms with E-state index < -0.39 is 11.9 Å². The Kier molecular flexibility index (Phi) is 18.4. The molecule has 0 spiro atoms. The first-order valence-corrected chi connectivity index (χ1v) is 5.82. The van der Waals surface area contributed by atoms with E-state index in [-0.39, 0.29) is 0 Å². The van der Waals surface area contributed by atoms with Crippen LogP contribution in [0.15, 0.2) is 47.5 Å². The Balaban J connectivity index is -0.000000206. The van der Waals surface area contributed by atoms with Crippen molar-refractivity contribution in [2.45, 2.75) is 13.8 Å². The van der Waals surface area contributed by atoms with Gasteiger partial charge in [-0.1, -0.05) is 13.2 Å². The van der Waals surface area contributed by atoms with Crippen molar-refractivity contribution in [3.8, 4) is 0 Å². The Hall–Kier alpha value is -2.15. The smallest absolute Gasteiger partial charge is 0.330 e. The third-order valence-electron chi connectivity index (χ3n) is 0.895. The minimum atomic E-state index is -1.000. The van der Waals surface area contributed by atoms with E-state index in [0.717, 1.165) is 12.2 Å². The first-order valence-electron chi connectivity index (χ1n) is 4.88. The Morgan fingerprint density at radius 3 is 1.21 bits per heavy atom. The number of thioether (sulfide) groups is 1. The molecule has 0 aromatic heterocycles. The quantitative estimate of drug-likeness (QED) is 0.581. The number of carbonyl (C=O) groups is 2. The normalized spacial score (nSPS) is 10.0. The van der Waals surface area contributed by atoms with Crippen molar-refractivity contribution in [3.05, 3.63) is 47.5 Å². The molecule has 0 radical (unpaired) electrons. The molecule has 0 saturated carbocycles. The van der Waals surface area contributed by atoms with E-state index in [9.17, 15) is 9.59 Å². The van der Waals surface area contributed by atoms with E-state index >= 15 is 0 Å². The monoisotopic (exact) mass is 288 g/mol. The third kappa shape index (κ3) is 49.3. The Labute approximate surface area is 117 Å². The number of hydrogen-bond donors (Lipinski definition) is 4. The van der Waals surface area contributed by atoms with Crippen molar-refractivity contribution < 1.29 is 19.8 Å². The number of aliphatic carboxylic acids is 2. The fourth-order valence-corrected chi connectivity index (χ4v) is 0.594. The maximum Gasteiger partial charge on any atom is 0.330 e. The maximum absolute atomic E-state index is 9.65. The second-order valence-corrected chi connectivity index (χ2v) is 3.86. The summed E-state index contributed by atoms with van der Waals surface area (Å²) >= 11 is 1.49. The van der Waals surface area contributed by atoms with Gasteiger partial charge in [0.2, 0.25) is 0 Å². The van der Waals surface area contributed by atoms with Gasteiger partial charge in [0, 0.05) is 23.5 Å². The lowest BCUT2D eigenvalue weighted by molar-refractivity contribution is -0.132. The summed E-state index contributed by atoms with van der Waals surface area (Å²) in [6, 6.07) is 0. The standard InChI is InChI=1S/2C4H7NO2.C4H6S/c2*1-3(5)2-4(6)7;1-3-5-4-2/h2*2H,5H2,1H3,(H,6,7);3-4H,1-2H2. The van der Waals surface area contributed by atoms with E-state index in [1.165, 1.54) is 25.6 Å². The number of allylic oxidation sites excluding steroid dienone is 2. The molecule has 0 aromatic rings. The largest absolute Gasteiger partial charge is 0.478 e. The van der Waals surface area contributed by atoms with Crippen LogP contribution in [0.4, 0.5) is 0 Å². The molecule has 7 heteroatoms. The van der Waals surface area contributed by atoms with Crippen molar-refractivity contribution in [1.82, 2.24) is 0 Å². The van der Waals surface area contributed by atoms with Gasteiger partial charge in [-0.3, -0.25) is 0 Å². The third-order valence-corrected chi connectivity index (χ3v) is 1.28. The van der Waals surface area contributed by atoms with Crippen molar-refractivity contribution in [2.75, 3.05) is 0 Å². The second-order valence-electron chi connectivity index (χ2n) is 2.92. The predicted octanol–water partition coefficient (Wildman–Crippen LogP) is 1.87. The lowest BCUT2D eigenvalue weighted by Gasteiger charge is -1.81.